The topological polar surface area (TPSA) is 237 Å². The van der Waals surface area contributed by atoms with Gasteiger partial charge in [-0.1, -0.05) is 335 Å². The molecule has 0 saturated carbocycles. The van der Waals surface area contributed by atoms with Crippen LogP contribution in [0.4, 0.5) is 0 Å². The van der Waals surface area contributed by atoms with E-state index in [-0.39, 0.29) is 25.7 Å². The van der Waals surface area contributed by atoms with Crippen LogP contribution in [0.25, 0.3) is 0 Å². The fourth-order valence-electron chi connectivity index (χ4n) is 11.5. The lowest BCUT2D eigenvalue weighted by Crippen LogP contribution is -2.30. The second kappa shape index (κ2) is 70.6. The first-order valence-electron chi connectivity index (χ1n) is 40.0. The third-order valence-electron chi connectivity index (χ3n) is 17.7. The zero-order chi connectivity index (χ0) is 71.2. The highest BCUT2D eigenvalue weighted by Crippen LogP contribution is 2.45. The monoisotopic (exact) mass is 1420 g/mol. The summed E-state index contributed by atoms with van der Waals surface area (Å²) in [7, 11) is -9.93. The van der Waals surface area contributed by atoms with Gasteiger partial charge in [-0.25, -0.2) is 9.13 Å². The Labute approximate surface area is 592 Å². The quantitative estimate of drug-likeness (QED) is 0.0169. The maximum absolute atomic E-state index is 13.1. The molecule has 0 saturated heterocycles. The van der Waals surface area contributed by atoms with E-state index in [2.05, 4.69) is 58.9 Å². The highest BCUT2D eigenvalue weighted by molar-refractivity contribution is 7.47. The van der Waals surface area contributed by atoms with Gasteiger partial charge >= 0.3 is 39.5 Å². The lowest BCUT2D eigenvalue weighted by molar-refractivity contribution is -0.161. The summed E-state index contributed by atoms with van der Waals surface area (Å²) in [6.07, 6.45) is 63.0. The summed E-state index contributed by atoms with van der Waals surface area (Å²) in [5, 5.41) is 10.6. The summed E-state index contributed by atoms with van der Waals surface area (Å²) in [5.41, 5.74) is 0. The maximum Gasteiger partial charge on any atom is 0.472 e. The van der Waals surface area contributed by atoms with Gasteiger partial charge < -0.3 is 33.8 Å². The van der Waals surface area contributed by atoms with Crippen LogP contribution in [0.5, 0.6) is 0 Å². The molecular weight excluding hydrogens is 1270 g/mol. The number of rotatable bonds is 76. The van der Waals surface area contributed by atoms with Gasteiger partial charge in [-0.2, -0.15) is 0 Å². The minimum atomic E-state index is -4.97. The first-order chi connectivity index (χ1) is 47.0. The van der Waals surface area contributed by atoms with Crippen molar-refractivity contribution in [1.82, 2.24) is 0 Å². The molecular formula is C78H148O17P2. The molecule has 0 fully saturated rings. The molecule has 572 valence electrons. The van der Waals surface area contributed by atoms with E-state index in [1.54, 1.807) is 0 Å². The number of hydrogen-bond donors (Lipinski definition) is 3. The van der Waals surface area contributed by atoms with Gasteiger partial charge in [0.05, 0.1) is 26.4 Å². The number of hydrogen-bond acceptors (Lipinski definition) is 15. The maximum atomic E-state index is 13.1. The molecule has 0 amide bonds. The van der Waals surface area contributed by atoms with E-state index < -0.39 is 97.5 Å². The fourth-order valence-corrected chi connectivity index (χ4v) is 13.1. The largest absolute Gasteiger partial charge is 0.472 e. The Bertz CT molecular complexity index is 1950. The second-order valence-corrected chi connectivity index (χ2v) is 30.8. The van der Waals surface area contributed by atoms with Crippen LogP contribution in [0.15, 0.2) is 24.3 Å². The highest BCUT2D eigenvalue weighted by atomic mass is 31.2. The molecule has 19 heteroatoms. The molecule has 0 aliphatic carbocycles. The molecule has 0 aromatic rings. The van der Waals surface area contributed by atoms with E-state index in [9.17, 15) is 43.2 Å². The lowest BCUT2D eigenvalue weighted by atomic mass is 10.0. The minimum absolute atomic E-state index is 0.102. The summed E-state index contributed by atoms with van der Waals surface area (Å²) < 4.78 is 68.6. The van der Waals surface area contributed by atoms with Crippen molar-refractivity contribution >= 4 is 39.5 Å². The molecule has 0 spiro atoms. The number of aliphatic hydroxyl groups is 1. The van der Waals surface area contributed by atoms with Crippen molar-refractivity contribution in [2.45, 2.75) is 406 Å². The van der Waals surface area contributed by atoms with Gasteiger partial charge in [0, 0.05) is 25.7 Å². The fraction of sp³-hybridized carbons (Fsp3) is 0.897. The number of aliphatic hydroxyl groups excluding tert-OH is 1. The number of phosphoric ester groups is 2. The Morgan fingerprint density at radius 1 is 0.320 bits per heavy atom. The summed E-state index contributed by atoms with van der Waals surface area (Å²) in [4.78, 5) is 72.9. The Kier molecular flexibility index (Phi) is 68.8. The van der Waals surface area contributed by atoms with Crippen molar-refractivity contribution in [3.63, 3.8) is 0 Å². The Balaban J connectivity index is 5.30. The van der Waals surface area contributed by atoms with E-state index >= 15 is 0 Å². The SMILES string of the molecule is CCCCCC/C=C\C=C/CCCCCCCC(=O)OC[C@H](COP(=O)(O)OC[C@@H](O)COP(=O)(O)OC[C@@H](COC(=O)CCCCCCCCCCCCCC)OC(=O)CCCCCCCCCCCCCC(C)C)OC(=O)CCCCCCCCCCCCCCCCCC. The Morgan fingerprint density at radius 3 is 0.845 bits per heavy atom. The van der Waals surface area contributed by atoms with Crippen LogP contribution in [0.2, 0.25) is 0 Å². The van der Waals surface area contributed by atoms with Gasteiger partial charge in [-0.05, 0) is 57.3 Å². The first kappa shape index (κ1) is 94.5. The number of esters is 4. The zero-order valence-corrected chi connectivity index (χ0v) is 64.5. The van der Waals surface area contributed by atoms with E-state index in [1.165, 1.54) is 193 Å². The molecule has 5 atom stereocenters. The molecule has 0 aromatic carbocycles. The summed E-state index contributed by atoms with van der Waals surface area (Å²) >= 11 is 0. The Hall–Kier alpha value is -2.46. The van der Waals surface area contributed by atoms with Crippen molar-refractivity contribution in [2.75, 3.05) is 39.6 Å². The van der Waals surface area contributed by atoms with Gasteiger partial charge in [0.25, 0.3) is 0 Å². The van der Waals surface area contributed by atoms with Crippen molar-refractivity contribution in [3.8, 4) is 0 Å². The van der Waals surface area contributed by atoms with Crippen molar-refractivity contribution in [3.05, 3.63) is 24.3 Å². The van der Waals surface area contributed by atoms with Gasteiger partial charge in [0.2, 0.25) is 0 Å². The molecule has 2 unspecified atom stereocenters. The van der Waals surface area contributed by atoms with Gasteiger partial charge in [0.15, 0.2) is 12.2 Å². The van der Waals surface area contributed by atoms with Crippen LogP contribution in [-0.4, -0.2) is 96.7 Å². The molecule has 97 heavy (non-hydrogen) atoms. The summed E-state index contributed by atoms with van der Waals surface area (Å²) in [6, 6.07) is 0. The van der Waals surface area contributed by atoms with Gasteiger partial charge in [-0.3, -0.25) is 37.3 Å². The molecule has 0 aliphatic rings. The minimum Gasteiger partial charge on any atom is -0.462 e. The van der Waals surface area contributed by atoms with E-state index in [4.69, 9.17) is 37.0 Å². The number of unbranched alkanes of at least 4 members (excludes halogenated alkanes) is 45. The van der Waals surface area contributed by atoms with Crippen LogP contribution < -0.4 is 0 Å². The molecule has 0 aliphatic heterocycles. The second-order valence-electron chi connectivity index (χ2n) is 27.9. The van der Waals surface area contributed by atoms with Gasteiger partial charge in [-0.15, -0.1) is 0 Å². The molecule has 0 aromatic heterocycles. The van der Waals surface area contributed by atoms with Crippen molar-refractivity contribution in [1.29, 1.82) is 0 Å². The average molecular weight is 1420 g/mol. The zero-order valence-electron chi connectivity index (χ0n) is 62.7. The number of carbonyl (C=O) groups excluding carboxylic acids is 4. The first-order valence-corrected chi connectivity index (χ1v) is 42.9. The third-order valence-corrected chi connectivity index (χ3v) is 19.6. The van der Waals surface area contributed by atoms with Crippen LogP contribution >= 0.6 is 15.6 Å². The van der Waals surface area contributed by atoms with Crippen molar-refractivity contribution in [2.24, 2.45) is 5.92 Å². The number of phosphoric acid groups is 2. The molecule has 0 rings (SSSR count). The standard InChI is InChI=1S/C78H148O17P2/c1-6-9-12-15-18-21-24-27-29-31-33-38-43-48-53-58-63-77(82)94-73(68-89-76(81)62-57-52-47-42-37-32-30-28-25-22-19-16-13-10-7-2)69-92-96(84,85)90-65-72(79)66-91-97(86,87)93-70-74(67-88-75(80)61-56-51-46-41-36-26-23-20-17-14-11-8-3)95-78(83)64-59-54-49-44-39-34-35-40-45-50-55-60-71(4)5/h22,25,28,30,71-74,79H,6-21,23-24,26-27,29,31-70H2,1-5H3,(H,84,85)(H,86,87)/b25-22-,30-28-/t72-,73-,74-/m1/s1. The summed E-state index contributed by atoms with van der Waals surface area (Å²) in [6.45, 7) is 7.25. The summed E-state index contributed by atoms with van der Waals surface area (Å²) in [5.74, 6) is -1.38. The lowest BCUT2D eigenvalue weighted by Gasteiger charge is -2.21. The van der Waals surface area contributed by atoms with E-state index in [0.29, 0.717) is 25.7 Å². The van der Waals surface area contributed by atoms with Gasteiger partial charge in [0.1, 0.15) is 19.3 Å². The Morgan fingerprint density at radius 2 is 0.557 bits per heavy atom. The van der Waals surface area contributed by atoms with Crippen LogP contribution in [0.3, 0.4) is 0 Å². The third kappa shape index (κ3) is 71.7. The van der Waals surface area contributed by atoms with Crippen LogP contribution in [0, 0.1) is 5.92 Å². The molecule has 0 heterocycles. The van der Waals surface area contributed by atoms with E-state index in [0.717, 1.165) is 115 Å². The normalized spacial score (nSPS) is 14.1. The average Bonchev–Trinajstić information content (AvgIpc) is 1.24. The number of ether oxygens (including phenoxy) is 4. The molecule has 3 N–H and O–H groups in total. The van der Waals surface area contributed by atoms with Crippen LogP contribution in [-0.2, 0) is 65.4 Å². The van der Waals surface area contributed by atoms with E-state index in [1.807, 2.05) is 0 Å². The number of allylic oxidation sites excluding steroid dienone is 4. The molecule has 0 bridgehead atoms. The molecule has 0 radical (unpaired) electrons. The molecule has 17 nitrogen and oxygen atoms in total. The predicted octanol–water partition coefficient (Wildman–Crippen LogP) is 22.8. The predicted molar refractivity (Wildman–Crippen MR) is 395 cm³/mol. The smallest absolute Gasteiger partial charge is 0.462 e. The number of carbonyl (C=O) groups is 4. The van der Waals surface area contributed by atoms with Crippen molar-refractivity contribution < 1.29 is 80.2 Å². The highest BCUT2D eigenvalue weighted by Gasteiger charge is 2.30. The van der Waals surface area contributed by atoms with Crippen LogP contribution in [0.1, 0.15) is 388 Å².